The van der Waals surface area contributed by atoms with E-state index in [1.54, 1.807) is 0 Å². The van der Waals surface area contributed by atoms with Crippen LogP contribution in [-0.2, 0) is 9.84 Å². The number of nitrogens with one attached hydrogen (secondary N) is 1. The van der Waals surface area contributed by atoms with Crippen LogP contribution in [0.1, 0.15) is 25.6 Å². The Labute approximate surface area is 112 Å². The molecule has 102 valence electrons. The highest BCUT2D eigenvalue weighted by molar-refractivity contribution is 7.91. The van der Waals surface area contributed by atoms with E-state index in [-0.39, 0.29) is 17.5 Å². The smallest absolute Gasteiger partial charge is 0.154 e. The molecule has 1 saturated heterocycles. The van der Waals surface area contributed by atoms with E-state index in [9.17, 15) is 8.42 Å². The van der Waals surface area contributed by atoms with Crippen LogP contribution < -0.4 is 5.32 Å². The average Bonchev–Trinajstić information content (AvgIpc) is 2.68. The average molecular weight is 279 g/mol. The van der Waals surface area contributed by atoms with Crippen molar-refractivity contribution in [2.24, 2.45) is 0 Å². The van der Waals surface area contributed by atoms with Crippen LogP contribution in [0, 0.1) is 0 Å². The molecule has 1 aromatic heterocycles. The van der Waals surface area contributed by atoms with Crippen molar-refractivity contribution in [3.8, 4) is 0 Å². The van der Waals surface area contributed by atoms with E-state index in [2.05, 4.69) is 5.32 Å². The van der Waals surface area contributed by atoms with Gasteiger partial charge in [-0.1, -0.05) is 18.2 Å². The van der Waals surface area contributed by atoms with Crippen molar-refractivity contribution in [3.05, 3.63) is 36.1 Å². The molecule has 1 unspecified atom stereocenters. The zero-order valence-corrected chi connectivity index (χ0v) is 11.8. The predicted octanol–water partition coefficient (Wildman–Crippen LogP) is 2.27. The highest BCUT2D eigenvalue weighted by atomic mass is 32.2. The molecular formula is C14H17NO3S. The predicted molar refractivity (Wildman–Crippen MR) is 74.8 cm³/mol. The SMILES string of the molecule is CC1(C)CS(=O)(=O)CC(c2cc3ccccc3o2)N1. The van der Waals surface area contributed by atoms with Crippen LogP contribution in [0.3, 0.4) is 0 Å². The van der Waals surface area contributed by atoms with Gasteiger partial charge >= 0.3 is 0 Å². The molecule has 4 nitrogen and oxygen atoms in total. The number of hydrogen-bond donors (Lipinski definition) is 1. The summed E-state index contributed by atoms with van der Waals surface area (Å²) < 4.78 is 29.7. The zero-order chi connectivity index (χ0) is 13.7. The maximum atomic E-state index is 12.0. The fraction of sp³-hybridized carbons (Fsp3) is 0.429. The molecule has 3 rings (SSSR count). The summed E-state index contributed by atoms with van der Waals surface area (Å²) in [5.41, 5.74) is 0.362. The van der Waals surface area contributed by atoms with Crippen LogP contribution in [0.4, 0.5) is 0 Å². The quantitative estimate of drug-likeness (QED) is 0.870. The highest BCUT2D eigenvalue weighted by Gasteiger charge is 2.38. The van der Waals surface area contributed by atoms with E-state index >= 15 is 0 Å². The maximum absolute atomic E-state index is 12.0. The first-order chi connectivity index (χ1) is 8.85. The van der Waals surface area contributed by atoms with Gasteiger partial charge in [-0.2, -0.15) is 0 Å². The second-order valence-electron chi connectivity index (χ2n) is 5.82. The third-order valence-corrected chi connectivity index (χ3v) is 5.36. The third-order valence-electron chi connectivity index (χ3n) is 3.35. The number of sulfone groups is 1. The summed E-state index contributed by atoms with van der Waals surface area (Å²) in [6, 6.07) is 9.35. The Morgan fingerprint density at radius 3 is 2.74 bits per heavy atom. The van der Waals surface area contributed by atoms with E-state index in [4.69, 9.17) is 4.42 Å². The van der Waals surface area contributed by atoms with Gasteiger partial charge in [0.2, 0.25) is 0 Å². The van der Waals surface area contributed by atoms with Crippen molar-refractivity contribution < 1.29 is 12.8 Å². The molecule has 0 bridgehead atoms. The van der Waals surface area contributed by atoms with Crippen LogP contribution >= 0.6 is 0 Å². The van der Waals surface area contributed by atoms with Gasteiger partial charge in [-0.25, -0.2) is 8.42 Å². The van der Waals surface area contributed by atoms with Crippen molar-refractivity contribution >= 4 is 20.8 Å². The lowest BCUT2D eigenvalue weighted by molar-refractivity contribution is 0.329. The summed E-state index contributed by atoms with van der Waals surface area (Å²) in [6.45, 7) is 3.80. The Bertz CT molecular complexity index is 682. The van der Waals surface area contributed by atoms with E-state index in [1.165, 1.54) is 0 Å². The van der Waals surface area contributed by atoms with Gasteiger partial charge in [-0.15, -0.1) is 0 Å². The molecule has 1 fully saturated rings. The van der Waals surface area contributed by atoms with Crippen molar-refractivity contribution in [1.82, 2.24) is 5.32 Å². The van der Waals surface area contributed by atoms with E-state index in [0.29, 0.717) is 5.76 Å². The minimum atomic E-state index is -3.05. The fourth-order valence-corrected chi connectivity index (χ4v) is 4.80. The van der Waals surface area contributed by atoms with Crippen molar-refractivity contribution in [2.75, 3.05) is 11.5 Å². The molecule has 0 spiro atoms. The lowest BCUT2D eigenvalue weighted by Gasteiger charge is -2.35. The Hall–Kier alpha value is -1.33. The van der Waals surface area contributed by atoms with Gasteiger partial charge in [0, 0.05) is 10.9 Å². The van der Waals surface area contributed by atoms with Crippen molar-refractivity contribution in [1.29, 1.82) is 0 Å². The Morgan fingerprint density at radius 2 is 2.05 bits per heavy atom. The van der Waals surface area contributed by atoms with E-state index in [1.807, 2.05) is 44.2 Å². The molecule has 0 radical (unpaired) electrons. The van der Waals surface area contributed by atoms with E-state index < -0.39 is 15.4 Å². The number of furan rings is 1. The van der Waals surface area contributed by atoms with E-state index in [0.717, 1.165) is 11.0 Å². The molecule has 1 N–H and O–H groups in total. The zero-order valence-electron chi connectivity index (χ0n) is 11.0. The highest BCUT2D eigenvalue weighted by Crippen LogP contribution is 2.29. The van der Waals surface area contributed by atoms with Crippen LogP contribution in [0.5, 0.6) is 0 Å². The summed E-state index contributed by atoms with van der Waals surface area (Å²) in [6.07, 6.45) is 0. The van der Waals surface area contributed by atoms with Crippen LogP contribution in [0.25, 0.3) is 11.0 Å². The van der Waals surface area contributed by atoms with Gasteiger partial charge in [-0.3, -0.25) is 0 Å². The number of benzene rings is 1. The normalized spacial score (nSPS) is 25.5. The Kier molecular flexibility index (Phi) is 2.73. The summed E-state index contributed by atoms with van der Waals surface area (Å²) in [5.74, 6) is 0.949. The molecule has 1 aliphatic heterocycles. The Morgan fingerprint density at radius 1 is 1.32 bits per heavy atom. The number of fused-ring (bicyclic) bond motifs is 1. The molecule has 5 heteroatoms. The van der Waals surface area contributed by atoms with Crippen LogP contribution in [0.15, 0.2) is 34.7 Å². The molecule has 19 heavy (non-hydrogen) atoms. The van der Waals surface area contributed by atoms with Gasteiger partial charge < -0.3 is 9.73 Å². The molecule has 1 aliphatic rings. The lowest BCUT2D eigenvalue weighted by atomic mass is 10.1. The minimum Gasteiger partial charge on any atom is -0.459 e. The topological polar surface area (TPSA) is 59.3 Å². The third kappa shape index (κ3) is 2.53. The molecule has 0 saturated carbocycles. The molecule has 0 aliphatic carbocycles. The number of rotatable bonds is 1. The van der Waals surface area contributed by atoms with Gasteiger partial charge in [-0.05, 0) is 26.0 Å². The van der Waals surface area contributed by atoms with Crippen LogP contribution in [0.2, 0.25) is 0 Å². The lowest BCUT2D eigenvalue weighted by Crippen LogP contribution is -2.53. The fourth-order valence-electron chi connectivity index (χ4n) is 2.75. The summed E-state index contributed by atoms with van der Waals surface area (Å²) in [7, 11) is -3.05. The van der Waals surface area contributed by atoms with Gasteiger partial charge in [0.25, 0.3) is 0 Å². The largest absolute Gasteiger partial charge is 0.459 e. The Balaban J connectivity index is 2.01. The maximum Gasteiger partial charge on any atom is 0.154 e. The molecular weight excluding hydrogens is 262 g/mol. The first-order valence-corrected chi connectivity index (χ1v) is 8.13. The van der Waals surface area contributed by atoms with Gasteiger partial charge in [0.05, 0.1) is 17.5 Å². The summed E-state index contributed by atoms with van der Waals surface area (Å²) in [5, 5.41) is 4.35. The van der Waals surface area contributed by atoms with Gasteiger partial charge in [0.15, 0.2) is 9.84 Å². The second kappa shape index (κ2) is 4.08. The summed E-state index contributed by atoms with van der Waals surface area (Å²) in [4.78, 5) is 0. The summed E-state index contributed by atoms with van der Waals surface area (Å²) >= 11 is 0. The number of para-hydroxylation sites is 1. The molecule has 1 atom stereocenters. The van der Waals surface area contributed by atoms with Crippen molar-refractivity contribution in [2.45, 2.75) is 25.4 Å². The van der Waals surface area contributed by atoms with Crippen molar-refractivity contribution in [3.63, 3.8) is 0 Å². The molecule has 1 aromatic carbocycles. The monoisotopic (exact) mass is 279 g/mol. The molecule has 2 heterocycles. The van der Waals surface area contributed by atoms with Gasteiger partial charge in [0.1, 0.15) is 11.3 Å². The van der Waals surface area contributed by atoms with Crippen LogP contribution in [-0.4, -0.2) is 25.5 Å². The first kappa shape index (κ1) is 12.7. The molecule has 0 amide bonds. The second-order valence-corrected chi connectivity index (χ2v) is 7.93. The minimum absolute atomic E-state index is 0.0935. The standard InChI is InChI=1S/C14H17NO3S/c1-14(2)9-19(16,17)8-11(15-14)13-7-10-5-3-4-6-12(10)18-13/h3-7,11,15H,8-9H2,1-2H3. The first-order valence-electron chi connectivity index (χ1n) is 6.31. The number of hydrogen-bond acceptors (Lipinski definition) is 4. The molecule has 2 aromatic rings.